The van der Waals surface area contributed by atoms with Crippen LogP contribution in [0.15, 0.2) is 23.3 Å². The van der Waals surface area contributed by atoms with Gasteiger partial charge in [0.1, 0.15) is 23.7 Å². The number of allylic oxidation sites excluding steroid dienone is 3. The molecule has 1 heterocycles. The van der Waals surface area contributed by atoms with Gasteiger partial charge in [-0.05, 0) is 38.8 Å². The number of carboxylic acids is 1. The van der Waals surface area contributed by atoms with Crippen molar-refractivity contribution in [1.29, 1.82) is 0 Å². The molecule has 2 rings (SSSR count). The van der Waals surface area contributed by atoms with Crippen LogP contribution in [0.2, 0.25) is 0 Å². The lowest BCUT2D eigenvalue weighted by Gasteiger charge is -2.15. The summed E-state index contributed by atoms with van der Waals surface area (Å²) in [6.07, 6.45) is 3.61. The molecule has 24 heavy (non-hydrogen) atoms. The van der Waals surface area contributed by atoms with Crippen molar-refractivity contribution in [2.45, 2.75) is 33.8 Å². The van der Waals surface area contributed by atoms with Crippen LogP contribution in [-0.4, -0.2) is 29.3 Å². The van der Waals surface area contributed by atoms with Gasteiger partial charge in [-0.25, -0.2) is 9.59 Å². The van der Waals surface area contributed by atoms with E-state index in [1.807, 2.05) is 6.92 Å². The van der Waals surface area contributed by atoms with Crippen molar-refractivity contribution in [3.05, 3.63) is 45.6 Å². The fourth-order valence-electron chi connectivity index (χ4n) is 2.75. The molecule has 1 aliphatic heterocycles. The van der Waals surface area contributed by atoms with Crippen molar-refractivity contribution >= 4 is 11.9 Å². The van der Waals surface area contributed by atoms with Gasteiger partial charge in [0, 0.05) is 16.7 Å². The van der Waals surface area contributed by atoms with Crippen LogP contribution >= 0.6 is 0 Å². The van der Waals surface area contributed by atoms with Gasteiger partial charge in [-0.3, -0.25) is 0 Å². The molecule has 0 amide bonds. The van der Waals surface area contributed by atoms with Crippen LogP contribution in [0.5, 0.6) is 11.5 Å². The highest BCUT2D eigenvalue weighted by Gasteiger charge is 2.31. The van der Waals surface area contributed by atoms with Crippen molar-refractivity contribution in [1.82, 2.24) is 0 Å². The summed E-state index contributed by atoms with van der Waals surface area (Å²) >= 11 is 0. The smallest absolute Gasteiger partial charge is 0.342 e. The Hall–Kier alpha value is -2.76. The van der Waals surface area contributed by atoms with E-state index in [9.17, 15) is 14.7 Å². The molecule has 0 atom stereocenters. The molecule has 0 saturated heterocycles. The molecule has 128 valence electrons. The van der Waals surface area contributed by atoms with Crippen LogP contribution in [0.4, 0.5) is 0 Å². The van der Waals surface area contributed by atoms with E-state index < -0.39 is 11.9 Å². The lowest BCUT2D eigenvalue weighted by Crippen LogP contribution is -2.03. The number of ether oxygens (including phenoxy) is 2. The highest BCUT2D eigenvalue weighted by Crippen LogP contribution is 2.41. The Labute approximate surface area is 140 Å². The molecule has 0 fully saturated rings. The fraction of sp³-hybridized carbons (Fsp3) is 0.333. The minimum atomic E-state index is -0.987. The Bertz CT molecular complexity index is 770. The molecule has 1 aromatic carbocycles. The molecule has 2 N–H and O–H groups in total. The largest absolute Gasteiger partial charge is 0.507 e. The van der Waals surface area contributed by atoms with E-state index in [1.54, 1.807) is 19.1 Å². The molecule has 0 aromatic heterocycles. The number of carboxylic acid groups (broad SMARTS) is 1. The Morgan fingerprint density at radius 3 is 2.62 bits per heavy atom. The molecule has 6 heteroatoms. The zero-order chi connectivity index (χ0) is 18.0. The van der Waals surface area contributed by atoms with E-state index >= 15 is 0 Å². The first-order valence-corrected chi connectivity index (χ1v) is 7.44. The first-order chi connectivity index (χ1) is 11.3. The van der Waals surface area contributed by atoms with Crippen molar-refractivity contribution in [3.8, 4) is 11.5 Å². The van der Waals surface area contributed by atoms with Crippen LogP contribution in [0.25, 0.3) is 0 Å². The summed E-state index contributed by atoms with van der Waals surface area (Å²) in [6, 6.07) is 0. The van der Waals surface area contributed by atoms with E-state index in [4.69, 9.17) is 14.6 Å². The summed E-state index contributed by atoms with van der Waals surface area (Å²) in [7, 11) is 1.50. The summed E-state index contributed by atoms with van der Waals surface area (Å²) in [4.78, 5) is 22.7. The number of hydrogen-bond acceptors (Lipinski definition) is 5. The molecule has 1 aliphatic rings. The molecular formula is C18H20O6. The minimum absolute atomic E-state index is 0.125. The Kier molecular flexibility index (Phi) is 4.97. The van der Waals surface area contributed by atoms with Gasteiger partial charge in [0.25, 0.3) is 0 Å². The van der Waals surface area contributed by atoms with Crippen molar-refractivity contribution < 1.29 is 29.3 Å². The molecule has 6 nitrogen and oxygen atoms in total. The van der Waals surface area contributed by atoms with Crippen molar-refractivity contribution in [2.24, 2.45) is 0 Å². The van der Waals surface area contributed by atoms with Crippen LogP contribution in [-0.2, 0) is 22.6 Å². The average molecular weight is 332 g/mol. The third-order valence-electron chi connectivity index (χ3n) is 4.06. The zero-order valence-corrected chi connectivity index (χ0v) is 14.1. The van der Waals surface area contributed by atoms with Gasteiger partial charge in [0.15, 0.2) is 0 Å². The van der Waals surface area contributed by atoms with Gasteiger partial charge in [0.05, 0.1) is 7.11 Å². The maximum atomic E-state index is 11.8. The van der Waals surface area contributed by atoms with Gasteiger partial charge >= 0.3 is 11.9 Å². The number of hydrogen-bond donors (Lipinski definition) is 2. The number of aliphatic carboxylic acids is 1. The first-order valence-electron chi connectivity index (χ1n) is 7.44. The lowest BCUT2D eigenvalue weighted by molar-refractivity contribution is -0.132. The molecule has 0 bridgehead atoms. The number of phenols is 1. The summed E-state index contributed by atoms with van der Waals surface area (Å²) in [6.45, 7) is 5.21. The third kappa shape index (κ3) is 3.13. The van der Waals surface area contributed by atoms with Crippen LogP contribution < -0.4 is 4.74 Å². The second kappa shape index (κ2) is 6.78. The quantitative estimate of drug-likeness (QED) is 0.489. The number of carbonyl (C=O) groups is 2. The highest BCUT2D eigenvalue weighted by molar-refractivity contribution is 5.98. The van der Waals surface area contributed by atoms with E-state index in [1.165, 1.54) is 14.0 Å². The lowest BCUT2D eigenvalue weighted by atomic mass is 9.95. The summed E-state index contributed by atoms with van der Waals surface area (Å²) in [5.41, 5.74) is 3.01. The van der Waals surface area contributed by atoms with E-state index in [0.717, 1.165) is 11.1 Å². The monoisotopic (exact) mass is 332 g/mol. The SMILES string of the molecule is COc1c(C)c2c(c(O)c1C/C=C(C)/C=C(\C)C(=O)O)C(=O)OC2. The minimum Gasteiger partial charge on any atom is -0.507 e. The van der Waals surface area contributed by atoms with Crippen molar-refractivity contribution in [2.75, 3.05) is 7.11 Å². The molecular weight excluding hydrogens is 312 g/mol. The van der Waals surface area contributed by atoms with Gasteiger partial charge in [0.2, 0.25) is 0 Å². The summed E-state index contributed by atoms with van der Waals surface area (Å²) in [5, 5.41) is 19.4. The Balaban J connectivity index is 2.46. The van der Waals surface area contributed by atoms with Crippen molar-refractivity contribution in [3.63, 3.8) is 0 Å². The molecule has 1 aromatic rings. The van der Waals surface area contributed by atoms with Crippen LogP contribution in [0.3, 0.4) is 0 Å². The molecule has 0 spiro atoms. The van der Waals surface area contributed by atoms with Crippen LogP contribution in [0, 0.1) is 6.92 Å². The molecule has 0 saturated carbocycles. The number of fused-ring (bicyclic) bond motifs is 1. The second-order valence-corrected chi connectivity index (χ2v) is 5.70. The molecule has 0 unspecified atom stereocenters. The molecule has 0 aliphatic carbocycles. The predicted octanol–water partition coefficient (Wildman–Crippen LogP) is 2.90. The normalized spacial score (nSPS) is 14.4. The Morgan fingerprint density at radius 1 is 1.38 bits per heavy atom. The fourth-order valence-corrected chi connectivity index (χ4v) is 2.75. The van der Waals surface area contributed by atoms with E-state index in [-0.39, 0.29) is 23.5 Å². The van der Waals surface area contributed by atoms with E-state index in [2.05, 4.69) is 0 Å². The standard InChI is InChI=1S/C18H20O6/c1-9(7-10(2)17(20)21)5-6-12-15(19)14-13(8-24-18(14)22)11(3)16(12)23-4/h5,7,19H,6,8H2,1-4H3,(H,20,21)/b9-5+,10-7+. The van der Waals surface area contributed by atoms with Crippen LogP contribution in [0.1, 0.15) is 40.9 Å². The Morgan fingerprint density at radius 2 is 2.04 bits per heavy atom. The summed E-state index contributed by atoms with van der Waals surface area (Å²) < 4.78 is 10.4. The zero-order valence-electron chi connectivity index (χ0n) is 14.1. The second-order valence-electron chi connectivity index (χ2n) is 5.70. The third-order valence-corrected chi connectivity index (χ3v) is 4.06. The maximum Gasteiger partial charge on any atom is 0.342 e. The number of rotatable bonds is 5. The first kappa shape index (κ1) is 17.6. The topological polar surface area (TPSA) is 93.1 Å². The predicted molar refractivity (Wildman–Crippen MR) is 87.4 cm³/mol. The number of phenolic OH excluding ortho intramolecular Hbond substituents is 1. The summed E-state index contributed by atoms with van der Waals surface area (Å²) in [5.74, 6) is -1.17. The van der Waals surface area contributed by atoms with Gasteiger partial charge in [-0.2, -0.15) is 0 Å². The number of carbonyl (C=O) groups excluding carboxylic acids is 1. The highest BCUT2D eigenvalue weighted by atomic mass is 16.5. The maximum absolute atomic E-state index is 11.8. The van der Waals surface area contributed by atoms with Gasteiger partial charge in [-0.15, -0.1) is 0 Å². The number of esters is 1. The number of methoxy groups -OCH3 is 1. The number of cyclic esters (lactones) is 1. The van der Waals surface area contributed by atoms with E-state index in [0.29, 0.717) is 23.3 Å². The van der Waals surface area contributed by atoms with Gasteiger partial charge < -0.3 is 19.7 Å². The molecule has 0 radical (unpaired) electrons. The number of benzene rings is 1. The van der Waals surface area contributed by atoms with Gasteiger partial charge in [-0.1, -0.05) is 11.6 Å². The number of aromatic hydroxyl groups is 1. The average Bonchev–Trinajstić information content (AvgIpc) is 2.91.